The SMILES string of the molecule is CNc1ccc([SiH3])c(Cl)c1NC. The Morgan fingerprint density at radius 3 is 2.42 bits per heavy atom. The Morgan fingerprint density at radius 1 is 1.25 bits per heavy atom. The van der Waals surface area contributed by atoms with Gasteiger partial charge in [0.2, 0.25) is 0 Å². The van der Waals surface area contributed by atoms with Crippen molar-refractivity contribution in [1.29, 1.82) is 0 Å². The van der Waals surface area contributed by atoms with Gasteiger partial charge in [-0.3, -0.25) is 0 Å². The minimum atomic E-state index is 0.844. The zero-order chi connectivity index (χ0) is 9.14. The number of hydrogen-bond donors (Lipinski definition) is 2. The number of rotatable bonds is 2. The van der Waals surface area contributed by atoms with E-state index in [-0.39, 0.29) is 0 Å². The monoisotopic (exact) mass is 200 g/mol. The fraction of sp³-hybridized carbons (Fsp3) is 0.250. The fourth-order valence-corrected chi connectivity index (χ4v) is 1.81. The van der Waals surface area contributed by atoms with E-state index >= 15 is 0 Å². The van der Waals surface area contributed by atoms with Crippen LogP contribution in [0.25, 0.3) is 0 Å². The minimum Gasteiger partial charge on any atom is -0.386 e. The first-order chi connectivity index (χ1) is 5.70. The highest BCUT2D eigenvalue weighted by Gasteiger charge is 2.05. The van der Waals surface area contributed by atoms with Crippen molar-refractivity contribution in [1.82, 2.24) is 0 Å². The van der Waals surface area contributed by atoms with Gasteiger partial charge in [-0.05, 0) is 6.07 Å². The Kier molecular flexibility index (Phi) is 3.00. The van der Waals surface area contributed by atoms with Crippen LogP contribution in [0.2, 0.25) is 5.02 Å². The fourth-order valence-electron chi connectivity index (χ4n) is 1.13. The normalized spacial score (nSPS) is 9.92. The Hall–Kier alpha value is -0.673. The molecular formula is C8H13ClN2Si. The molecule has 1 rings (SSSR count). The van der Waals surface area contributed by atoms with Gasteiger partial charge >= 0.3 is 0 Å². The van der Waals surface area contributed by atoms with Gasteiger partial charge in [-0.15, -0.1) is 0 Å². The van der Waals surface area contributed by atoms with Gasteiger partial charge in [0.05, 0.1) is 16.4 Å². The molecule has 0 fully saturated rings. The van der Waals surface area contributed by atoms with Crippen LogP contribution in [-0.4, -0.2) is 24.3 Å². The maximum Gasteiger partial charge on any atom is 0.0760 e. The van der Waals surface area contributed by atoms with Crippen molar-refractivity contribution in [2.24, 2.45) is 0 Å². The highest BCUT2D eigenvalue weighted by atomic mass is 35.5. The van der Waals surface area contributed by atoms with Crippen molar-refractivity contribution in [2.45, 2.75) is 0 Å². The summed E-state index contributed by atoms with van der Waals surface area (Å²) in [4.78, 5) is 0. The Labute approximate surface area is 80.7 Å². The molecule has 0 aliphatic rings. The maximum absolute atomic E-state index is 6.11. The molecule has 0 aliphatic heterocycles. The number of anilines is 2. The van der Waals surface area contributed by atoms with E-state index in [2.05, 4.69) is 16.7 Å². The molecule has 0 unspecified atom stereocenters. The van der Waals surface area contributed by atoms with Crippen LogP contribution in [-0.2, 0) is 0 Å². The van der Waals surface area contributed by atoms with Crippen LogP contribution in [0.1, 0.15) is 0 Å². The van der Waals surface area contributed by atoms with Crippen molar-refractivity contribution in [3.8, 4) is 0 Å². The quantitative estimate of drug-likeness (QED) is 0.677. The van der Waals surface area contributed by atoms with Gasteiger partial charge in [0.1, 0.15) is 0 Å². The predicted octanol–water partition coefficient (Wildman–Crippen LogP) is 0.414. The average molecular weight is 201 g/mol. The molecule has 2 N–H and O–H groups in total. The van der Waals surface area contributed by atoms with Crippen molar-refractivity contribution in [3.63, 3.8) is 0 Å². The summed E-state index contributed by atoms with van der Waals surface area (Å²) < 4.78 is 0. The van der Waals surface area contributed by atoms with Gasteiger partial charge in [0.15, 0.2) is 0 Å². The first-order valence-corrected chi connectivity index (χ1v) is 5.23. The van der Waals surface area contributed by atoms with Gasteiger partial charge in [-0.25, -0.2) is 0 Å². The summed E-state index contributed by atoms with van der Waals surface area (Å²) in [5.74, 6) is 0. The number of hydrogen-bond acceptors (Lipinski definition) is 2. The second kappa shape index (κ2) is 3.82. The Morgan fingerprint density at radius 2 is 1.92 bits per heavy atom. The van der Waals surface area contributed by atoms with E-state index in [1.54, 1.807) is 0 Å². The lowest BCUT2D eigenvalue weighted by molar-refractivity contribution is 1.46. The lowest BCUT2D eigenvalue weighted by Crippen LogP contribution is -2.08. The minimum absolute atomic E-state index is 0.844. The number of halogens is 1. The third-order valence-electron chi connectivity index (χ3n) is 1.85. The molecule has 0 atom stereocenters. The van der Waals surface area contributed by atoms with Crippen LogP contribution in [0.3, 0.4) is 0 Å². The number of nitrogens with one attached hydrogen (secondary N) is 2. The van der Waals surface area contributed by atoms with E-state index < -0.39 is 0 Å². The van der Waals surface area contributed by atoms with E-state index in [0.29, 0.717) is 0 Å². The third kappa shape index (κ3) is 1.57. The van der Waals surface area contributed by atoms with E-state index in [1.807, 2.05) is 20.2 Å². The third-order valence-corrected chi connectivity index (χ3v) is 3.49. The predicted molar refractivity (Wildman–Crippen MR) is 60.1 cm³/mol. The van der Waals surface area contributed by atoms with Crippen molar-refractivity contribution >= 4 is 38.4 Å². The second-order valence-electron chi connectivity index (χ2n) is 2.62. The standard InChI is InChI=1S/C8H13ClN2Si/c1-10-5-3-4-6(12)7(9)8(5)11-2/h3-4,10-11H,1-2,12H3. The lowest BCUT2D eigenvalue weighted by atomic mass is 10.2. The summed E-state index contributed by atoms with van der Waals surface area (Å²) in [5.41, 5.74) is 2.04. The van der Waals surface area contributed by atoms with Crippen molar-refractivity contribution in [2.75, 3.05) is 24.7 Å². The van der Waals surface area contributed by atoms with E-state index in [9.17, 15) is 0 Å². The van der Waals surface area contributed by atoms with Crippen molar-refractivity contribution < 1.29 is 0 Å². The van der Waals surface area contributed by atoms with Gasteiger partial charge in [-0.1, -0.05) is 22.9 Å². The van der Waals surface area contributed by atoms with Gasteiger partial charge in [0.25, 0.3) is 0 Å². The summed E-state index contributed by atoms with van der Waals surface area (Å²) in [5, 5.41) is 8.23. The summed E-state index contributed by atoms with van der Waals surface area (Å²) in [6.07, 6.45) is 0. The zero-order valence-electron chi connectivity index (χ0n) is 7.53. The second-order valence-corrected chi connectivity index (χ2v) is 4.07. The molecule has 2 nitrogen and oxygen atoms in total. The summed E-state index contributed by atoms with van der Waals surface area (Å²) in [6, 6.07) is 4.10. The van der Waals surface area contributed by atoms with E-state index in [1.165, 1.54) is 5.19 Å². The van der Waals surface area contributed by atoms with Crippen LogP contribution < -0.4 is 15.8 Å². The molecule has 0 saturated heterocycles. The molecule has 0 aromatic heterocycles. The smallest absolute Gasteiger partial charge is 0.0760 e. The molecule has 0 spiro atoms. The van der Waals surface area contributed by atoms with Crippen molar-refractivity contribution in [3.05, 3.63) is 17.2 Å². The van der Waals surface area contributed by atoms with Crippen LogP contribution >= 0.6 is 11.6 Å². The van der Waals surface area contributed by atoms with Crippen LogP contribution in [0, 0.1) is 0 Å². The van der Waals surface area contributed by atoms with E-state index in [4.69, 9.17) is 11.6 Å². The highest BCUT2D eigenvalue weighted by molar-refractivity contribution is 6.47. The molecule has 1 aromatic carbocycles. The largest absolute Gasteiger partial charge is 0.386 e. The summed E-state index contributed by atoms with van der Waals surface area (Å²) in [6.45, 7) is 0. The molecule has 1 aromatic rings. The Bertz CT molecular complexity index is 289. The maximum atomic E-state index is 6.11. The highest BCUT2D eigenvalue weighted by Crippen LogP contribution is 2.27. The van der Waals surface area contributed by atoms with Gasteiger partial charge in [-0.2, -0.15) is 0 Å². The first-order valence-electron chi connectivity index (χ1n) is 3.85. The zero-order valence-corrected chi connectivity index (χ0v) is 10.3. The molecular weight excluding hydrogens is 188 g/mol. The Balaban J connectivity index is 3.25. The molecule has 12 heavy (non-hydrogen) atoms. The lowest BCUT2D eigenvalue weighted by Gasteiger charge is -2.11. The molecule has 4 heteroatoms. The van der Waals surface area contributed by atoms with Gasteiger partial charge in [0, 0.05) is 24.3 Å². The van der Waals surface area contributed by atoms with Crippen LogP contribution in [0.15, 0.2) is 12.1 Å². The molecule has 0 heterocycles. The van der Waals surface area contributed by atoms with Crippen LogP contribution in [0.5, 0.6) is 0 Å². The molecule has 0 radical (unpaired) electrons. The van der Waals surface area contributed by atoms with Crippen LogP contribution in [0.4, 0.5) is 11.4 Å². The molecule has 0 bridgehead atoms. The van der Waals surface area contributed by atoms with Gasteiger partial charge < -0.3 is 10.6 Å². The topological polar surface area (TPSA) is 24.1 Å². The summed E-state index contributed by atoms with van der Waals surface area (Å²) in [7, 11) is 4.75. The summed E-state index contributed by atoms with van der Waals surface area (Å²) >= 11 is 6.11. The molecule has 0 amide bonds. The molecule has 66 valence electrons. The first kappa shape index (κ1) is 9.42. The van der Waals surface area contributed by atoms with E-state index in [0.717, 1.165) is 26.6 Å². The number of benzene rings is 1. The molecule has 0 saturated carbocycles. The molecule has 0 aliphatic carbocycles. The average Bonchev–Trinajstić information content (AvgIpc) is 2.09.